The second-order valence-electron chi connectivity index (χ2n) is 5.21. The van der Waals surface area contributed by atoms with Crippen molar-refractivity contribution in [3.05, 3.63) is 23.8 Å². The molecule has 2 aliphatic rings. The van der Waals surface area contributed by atoms with E-state index in [1.165, 1.54) is 0 Å². The molecule has 1 aromatic carbocycles. The van der Waals surface area contributed by atoms with E-state index in [2.05, 4.69) is 11.0 Å². The predicted octanol–water partition coefficient (Wildman–Crippen LogP) is 2.07. The van der Waals surface area contributed by atoms with Gasteiger partial charge >= 0.3 is 5.97 Å². The summed E-state index contributed by atoms with van der Waals surface area (Å²) in [5.74, 6) is 0.898. The summed E-state index contributed by atoms with van der Waals surface area (Å²) in [6.45, 7) is 2.70. The fraction of sp³-hybridized carbons (Fsp3) is 0.533. The molecular formula is C15H19NO4. The molecule has 1 saturated heterocycles. The average Bonchev–Trinajstić information content (AvgIpc) is 2.92. The lowest BCUT2D eigenvalue weighted by molar-refractivity contribution is -0.137. The Morgan fingerprint density at radius 2 is 2.20 bits per heavy atom. The van der Waals surface area contributed by atoms with Crippen LogP contribution in [0, 0.1) is 0 Å². The van der Waals surface area contributed by atoms with Crippen LogP contribution in [0.2, 0.25) is 0 Å². The van der Waals surface area contributed by atoms with Gasteiger partial charge in [-0.15, -0.1) is 0 Å². The number of nitrogens with zero attached hydrogens (tertiary/aromatic N) is 1. The number of fused-ring (bicyclic) bond motifs is 1. The van der Waals surface area contributed by atoms with Crippen molar-refractivity contribution in [3.8, 4) is 11.5 Å². The van der Waals surface area contributed by atoms with Gasteiger partial charge in [-0.2, -0.15) is 0 Å². The molecule has 2 heterocycles. The normalized spacial score (nSPS) is 21.9. The Balaban J connectivity index is 1.82. The number of likely N-dealkylation sites (tertiary alicyclic amines) is 1. The molecule has 1 atom stereocenters. The number of rotatable bonds is 4. The second-order valence-corrected chi connectivity index (χ2v) is 5.21. The Morgan fingerprint density at radius 3 is 3.05 bits per heavy atom. The van der Waals surface area contributed by atoms with Crippen LogP contribution in [0.25, 0.3) is 0 Å². The summed E-state index contributed by atoms with van der Waals surface area (Å²) in [5.41, 5.74) is 1.13. The molecule has 2 aliphatic heterocycles. The predicted molar refractivity (Wildman–Crippen MR) is 73.2 cm³/mol. The first-order chi connectivity index (χ1) is 9.75. The van der Waals surface area contributed by atoms with Crippen molar-refractivity contribution in [1.82, 2.24) is 4.90 Å². The van der Waals surface area contributed by atoms with E-state index in [4.69, 9.17) is 14.6 Å². The fourth-order valence-corrected chi connectivity index (χ4v) is 3.04. The fourth-order valence-electron chi connectivity index (χ4n) is 3.04. The molecule has 5 heteroatoms. The Morgan fingerprint density at radius 1 is 1.35 bits per heavy atom. The van der Waals surface area contributed by atoms with E-state index in [9.17, 15) is 4.79 Å². The average molecular weight is 277 g/mol. The van der Waals surface area contributed by atoms with Crippen LogP contribution < -0.4 is 9.47 Å². The zero-order valence-corrected chi connectivity index (χ0v) is 11.4. The molecule has 0 bridgehead atoms. The molecule has 20 heavy (non-hydrogen) atoms. The van der Waals surface area contributed by atoms with Gasteiger partial charge in [-0.05, 0) is 25.5 Å². The minimum absolute atomic E-state index is 0.183. The molecule has 0 spiro atoms. The van der Waals surface area contributed by atoms with Crippen molar-refractivity contribution in [1.29, 1.82) is 0 Å². The first kappa shape index (κ1) is 13.2. The van der Waals surface area contributed by atoms with Crippen LogP contribution >= 0.6 is 0 Å². The Kier molecular flexibility index (Phi) is 3.78. The minimum Gasteiger partial charge on any atom is -0.486 e. The topological polar surface area (TPSA) is 59.0 Å². The number of aliphatic carboxylic acids is 1. The van der Waals surface area contributed by atoms with Crippen LogP contribution in [0.3, 0.4) is 0 Å². The summed E-state index contributed by atoms with van der Waals surface area (Å²) in [6.07, 6.45) is 2.32. The number of hydrogen-bond acceptors (Lipinski definition) is 4. The van der Waals surface area contributed by atoms with Gasteiger partial charge in [0, 0.05) is 18.2 Å². The zero-order chi connectivity index (χ0) is 13.9. The lowest BCUT2D eigenvalue weighted by Crippen LogP contribution is -2.27. The van der Waals surface area contributed by atoms with Crippen LogP contribution in [0.5, 0.6) is 11.5 Å². The van der Waals surface area contributed by atoms with Gasteiger partial charge in [-0.1, -0.05) is 12.1 Å². The minimum atomic E-state index is -0.745. The summed E-state index contributed by atoms with van der Waals surface area (Å²) < 4.78 is 11.4. The molecule has 1 N–H and O–H groups in total. The lowest BCUT2D eigenvalue weighted by atomic mass is 10.0. The van der Waals surface area contributed by atoms with Crippen LogP contribution in [-0.2, 0) is 4.79 Å². The van der Waals surface area contributed by atoms with Gasteiger partial charge in [0.05, 0.1) is 6.42 Å². The maximum absolute atomic E-state index is 10.8. The third-order valence-electron chi connectivity index (χ3n) is 3.93. The van der Waals surface area contributed by atoms with Crippen molar-refractivity contribution in [2.75, 3.05) is 26.3 Å². The summed E-state index contributed by atoms with van der Waals surface area (Å²) >= 11 is 0. The van der Waals surface area contributed by atoms with E-state index in [0.29, 0.717) is 19.8 Å². The molecular weight excluding hydrogens is 258 g/mol. The monoisotopic (exact) mass is 277 g/mol. The standard InChI is InChI=1S/C15H19NO4/c17-14(18)6-8-16-7-2-4-12(16)11-3-1-5-13-15(11)20-10-9-19-13/h1,3,5,12H,2,4,6-10H2,(H,17,18)/t12-/m1/s1. The number of carbonyl (C=O) groups is 1. The highest BCUT2D eigenvalue weighted by Gasteiger charge is 2.30. The van der Waals surface area contributed by atoms with Gasteiger partial charge in [0.25, 0.3) is 0 Å². The van der Waals surface area contributed by atoms with Crippen LogP contribution in [-0.4, -0.2) is 42.3 Å². The molecule has 0 aliphatic carbocycles. The molecule has 0 aromatic heterocycles. The molecule has 0 saturated carbocycles. The number of benzene rings is 1. The van der Waals surface area contributed by atoms with Crippen LogP contribution in [0.15, 0.2) is 18.2 Å². The highest BCUT2D eigenvalue weighted by Crippen LogP contribution is 2.42. The van der Waals surface area contributed by atoms with E-state index in [0.717, 1.165) is 36.4 Å². The first-order valence-electron chi connectivity index (χ1n) is 7.10. The van der Waals surface area contributed by atoms with E-state index < -0.39 is 5.97 Å². The first-order valence-corrected chi connectivity index (χ1v) is 7.10. The Bertz CT molecular complexity index is 503. The molecule has 1 aromatic rings. The number of carboxylic acid groups (broad SMARTS) is 1. The maximum Gasteiger partial charge on any atom is 0.304 e. The van der Waals surface area contributed by atoms with Crippen molar-refractivity contribution in [2.24, 2.45) is 0 Å². The van der Waals surface area contributed by atoms with Gasteiger partial charge in [-0.25, -0.2) is 0 Å². The summed E-state index contributed by atoms with van der Waals surface area (Å²) in [5, 5.41) is 8.85. The molecule has 0 radical (unpaired) electrons. The van der Waals surface area contributed by atoms with E-state index in [1.807, 2.05) is 12.1 Å². The molecule has 5 nitrogen and oxygen atoms in total. The van der Waals surface area contributed by atoms with Crippen molar-refractivity contribution in [2.45, 2.75) is 25.3 Å². The van der Waals surface area contributed by atoms with Gasteiger partial charge in [-0.3, -0.25) is 9.69 Å². The molecule has 0 amide bonds. The number of hydrogen-bond donors (Lipinski definition) is 1. The van der Waals surface area contributed by atoms with Crippen LogP contribution in [0.1, 0.15) is 30.9 Å². The van der Waals surface area contributed by atoms with E-state index in [1.54, 1.807) is 0 Å². The third-order valence-corrected chi connectivity index (χ3v) is 3.93. The van der Waals surface area contributed by atoms with Crippen molar-refractivity contribution >= 4 is 5.97 Å². The smallest absolute Gasteiger partial charge is 0.304 e. The molecule has 3 rings (SSSR count). The quantitative estimate of drug-likeness (QED) is 0.913. The second kappa shape index (κ2) is 5.71. The number of ether oxygens (including phenoxy) is 2. The summed E-state index contributed by atoms with van der Waals surface area (Å²) in [4.78, 5) is 13.0. The SMILES string of the molecule is O=C(O)CCN1CCC[C@@H]1c1cccc2c1OCCO2. The largest absolute Gasteiger partial charge is 0.486 e. The van der Waals surface area contributed by atoms with Crippen LogP contribution in [0.4, 0.5) is 0 Å². The highest BCUT2D eigenvalue weighted by molar-refractivity contribution is 5.66. The number of carboxylic acids is 1. The third kappa shape index (κ3) is 2.58. The van der Waals surface area contributed by atoms with Gasteiger partial charge < -0.3 is 14.6 Å². The lowest BCUT2D eigenvalue weighted by Gasteiger charge is -2.28. The summed E-state index contributed by atoms with van der Waals surface area (Å²) in [7, 11) is 0. The van der Waals surface area contributed by atoms with Crippen molar-refractivity contribution in [3.63, 3.8) is 0 Å². The Labute approximate surface area is 118 Å². The Hall–Kier alpha value is -1.75. The van der Waals surface area contributed by atoms with Gasteiger partial charge in [0.15, 0.2) is 11.5 Å². The number of para-hydroxylation sites is 1. The van der Waals surface area contributed by atoms with E-state index in [-0.39, 0.29) is 12.5 Å². The zero-order valence-electron chi connectivity index (χ0n) is 11.4. The van der Waals surface area contributed by atoms with Crippen molar-refractivity contribution < 1.29 is 19.4 Å². The van der Waals surface area contributed by atoms with Gasteiger partial charge in [0.2, 0.25) is 0 Å². The molecule has 108 valence electrons. The van der Waals surface area contributed by atoms with Gasteiger partial charge in [0.1, 0.15) is 13.2 Å². The maximum atomic E-state index is 10.8. The molecule has 1 fully saturated rings. The summed E-state index contributed by atoms with van der Waals surface area (Å²) in [6, 6.07) is 6.22. The molecule has 0 unspecified atom stereocenters. The van der Waals surface area contributed by atoms with E-state index >= 15 is 0 Å². The highest BCUT2D eigenvalue weighted by atomic mass is 16.6.